The van der Waals surface area contributed by atoms with Crippen molar-refractivity contribution in [1.82, 2.24) is 10.4 Å². The van der Waals surface area contributed by atoms with Gasteiger partial charge in [0.15, 0.2) is 0 Å². The van der Waals surface area contributed by atoms with E-state index in [2.05, 4.69) is 10.4 Å². The molecule has 1 aromatic rings. The molecule has 0 spiro atoms. The van der Waals surface area contributed by atoms with E-state index in [4.69, 9.17) is 10.3 Å². The van der Waals surface area contributed by atoms with Crippen LogP contribution in [0.15, 0.2) is 22.1 Å². The average molecular weight is 215 g/mol. The number of hydrogen-bond donors (Lipinski definition) is 2. The van der Waals surface area contributed by atoms with E-state index in [1.807, 2.05) is 6.92 Å². The number of nitrogens with zero attached hydrogens (tertiary/aromatic N) is 1. The highest BCUT2D eigenvalue weighted by atomic mass is 32.2. The number of hydrogen-bond acceptors (Lipinski definition) is 5. The van der Waals surface area contributed by atoms with Gasteiger partial charge in [-0.3, -0.25) is 10.2 Å². The number of oxazole rings is 1. The Morgan fingerprint density at radius 1 is 1.86 bits per heavy atom. The molecule has 1 atom stereocenters. The quantitative estimate of drug-likeness (QED) is 0.330. The molecule has 0 fully saturated rings. The van der Waals surface area contributed by atoms with Gasteiger partial charge < -0.3 is 4.42 Å². The summed E-state index contributed by atoms with van der Waals surface area (Å²) in [5.74, 6) is 4.87. The minimum absolute atomic E-state index is 0.199. The van der Waals surface area contributed by atoms with Crippen molar-refractivity contribution >= 4 is 17.7 Å². The van der Waals surface area contributed by atoms with Crippen LogP contribution in [-0.4, -0.2) is 16.1 Å². The number of carbonyl (C=O) groups is 1. The highest BCUT2D eigenvalue weighted by molar-refractivity contribution is 8.00. The number of nitrogens with two attached hydrogens (primary N) is 1. The molecule has 1 rings (SSSR count). The van der Waals surface area contributed by atoms with E-state index >= 15 is 0 Å². The molecule has 1 amide bonds. The maximum Gasteiger partial charge on any atom is 0.256 e. The Labute approximate surface area is 86.4 Å². The van der Waals surface area contributed by atoms with Crippen LogP contribution in [0, 0.1) is 0 Å². The second-order valence-corrected chi connectivity index (χ2v) is 3.86. The van der Waals surface area contributed by atoms with Gasteiger partial charge in [-0.15, -0.1) is 0 Å². The first-order chi connectivity index (χ1) is 6.77. The number of amides is 1. The molecular formula is C8H13N3O2S. The first kappa shape index (κ1) is 11.1. The van der Waals surface area contributed by atoms with Crippen LogP contribution < -0.4 is 11.3 Å². The molecule has 0 aromatic carbocycles. The lowest BCUT2D eigenvalue weighted by molar-refractivity contribution is -0.120. The zero-order valence-corrected chi connectivity index (χ0v) is 8.71. The normalized spacial score (nSPS) is 12.4. The van der Waals surface area contributed by atoms with E-state index in [0.717, 1.165) is 12.8 Å². The predicted octanol–water partition coefficient (Wildman–Crippen LogP) is 0.925. The molecule has 1 heterocycles. The van der Waals surface area contributed by atoms with Gasteiger partial charge in [0.05, 0.1) is 11.4 Å². The van der Waals surface area contributed by atoms with Gasteiger partial charge in [-0.2, -0.15) is 0 Å². The summed E-state index contributed by atoms with van der Waals surface area (Å²) in [4.78, 5) is 15.2. The summed E-state index contributed by atoms with van der Waals surface area (Å²) >= 11 is 1.28. The van der Waals surface area contributed by atoms with E-state index in [0.29, 0.717) is 5.22 Å². The second kappa shape index (κ2) is 5.66. The van der Waals surface area contributed by atoms with Gasteiger partial charge in [-0.05, 0) is 6.42 Å². The third-order valence-corrected chi connectivity index (χ3v) is 2.78. The largest absolute Gasteiger partial charge is 0.440 e. The summed E-state index contributed by atoms with van der Waals surface area (Å²) in [6, 6.07) is 0. The van der Waals surface area contributed by atoms with Crippen molar-refractivity contribution in [2.45, 2.75) is 30.2 Å². The van der Waals surface area contributed by atoms with Crippen LogP contribution in [0.25, 0.3) is 0 Å². The Bertz CT molecular complexity index is 276. The lowest BCUT2D eigenvalue weighted by atomic mass is 10.2. The topological polar surface area (TPSA) is 81.2 Å². The van der Waals surface area contributed by atoms with Crippen LogP contribution in [0.1, 0.15) is 19.8 Å². The fourth-order valence-electron chi connectivity index (χ4n) is 0.989. The maximum absolute atomic E-state index is 11.3. The zero-order valence-electron chi connectivity index (χ0n) is 7.90. The summed E-state index contributed by atoms with van der Waals surface area (Å²) in [5, 5.41) is 0.260. The molecule has 5 nitrogen and oxygen atoms in total. The van der Waals surface area contributed by atoms with Crippen molar-refractivity contribution in [2.75, 3.05) is 0 Å². The molecule has 0 saturated heterocycles. The van der Waals surface area contributed by atoms with Crippen LogP contribution in [0.4, 0.5) is 0 Å². The number of nitrogens with one attached hydrogen (secondary N) is 1. The maximum atomic E-state index is 11.3. The summed E-state index contributed by atoms with van der Waals surface area (Å²) in [6.07, 6.45) is 4.68. The molecule has 0 aliphatic carbocycles. The molecule has 0 saturated carbocycles. The first-order valence-corrected chi connectivity index (χ1v) is 5.22. The molecular weight excluding hydrogens is 202 g/mol. The second-order valence-electron chi connectivity index (χ2n) is 2.70. The average Bonchev–Trinajstić information content (AvgIpc) is 2.68. The third-order valence-electron chi connectivity index (χ3n) is 1.64. The number of thioether (sulfide) groups is 1. The van der Waals surface area contributed by atoms with E-state index in [9.17, 15) is 4.79 Å². The molecule has 1 unspecified atom stereocenters. The minimum atomic E-state index is -0.233. The number of rotatable bonds is 5. The molecule has 14 heavy (non-hydrogen) atoms. The van der Waals surface area contributed by atoms with E-state index in [-0.39, 0.29) is 11.2 Å². The van der Waals surface area contributed by atoms with E-state index in [1.54, 1.807) is 6.20 Å². The highest BCUT2D eigenvalue weighted by Crippen LogP contribution is 2.24. The molecule has 6 heteroatoms. The molecule has 0 aliphatic rings. The molecule has 1 aromatic heterocycles. The molecule has 0 radical (unpaired) electrons. The van der Waals surface area contributed by atoms with Crippen LogP contribution in [0.3, 0.4) is 0 Å². The number of hydrazine groups is 1. The van der Waals surface area contributed by atoms with Gasteiger partial charge >= 0.3 is 0 Å². The fourth-order valence-corrected chi connectivity index (χ4v) is 1.99. The summed E-state index contributed by atoms with van der Waals surface area (Å²) in [5.41, 5.74) is 2.13. The highest BCUT2D eigenvalue weighted by Gasteiger charge is 2.19. The van der Waals surface area contributed by atoms with E-state index < -0.39 is 0 Å². The number of carbonyl (C=O) groups excluding carboxylic acids is 1. The minimum Gasteiger partial charge on any atom is -0.440 e. The van der Waals surface area contributed by atoms with Gasteiger partial charge in [-0.25, -0.2) is 10.8 Å². The third kappa shape index (κ3) is 3.04. The molecule has 0 aliphatic heterocycles. The molecule has 0 bridgehead atoms. The Morgan fingerprint density at radius 2 is 2.64 bits per heavy atom. The van der Waals surface area contributed by atoms with Crippen molar-refractivity contribution in [1.29, 1.82) is 0 Å². The number of aromatic nitrogens is 1. The monoisotopic (exact) mass is 215 g/mol. The fraction of sp³-hybridized carbons (Fsp3) is 0.500. The molecule has 3 N–H and O–H groups in total. The Balaban J connectivity index is 2.55. The van der Waals surface area contributed by atoms with Crippen LogP contribution in [0.2, 0.25) is 0 Å². The Kier molecular flexibility index (Phi) is 4.48. The van der Waals surface area contributed by atoms with Crippen molar-refractivity contribution in [3.05, 3.63) is 12.5 Å². The Hall–Kier alpha value is -1.01. The van der Waals surface area contributed by atoms with Crippen molar-refractivity contribution < 1.29 is 9.21 Å². The first-order valence-electron chi connectivity index (χ1n) is 4.34. The van der Waals surface area contributed by atoms with Gasteiger partial charge in [0.25, 0.3) is 5.22 Å². The van der Waals surface area contributed by atoms with Gasteiger partial charge in [-0.1, -0.05) is 25.1 Å². The SMILES string of the molecule is CCCC(Sc1ncco1)C(=O)NN. The Morgan fingerprint density at radius 3 is 3.14 bits per heavy atom. The predicted molar refractivity (Wildman–Crippen MR) is 53.4 cm³/mol. The zero-order chi connectivity index (χ0) is 10.4. The van der Waals surface area contributed by atoms with Crippen molar-refractivity contribution in [2.24, 2.45) is 5.84 Å². The lowest BCUT2D eigenvalue weighted by Crippen LogP contribution is -2.37. The van der Waals surface area contributed by atoms with Gasteiger partial charge in [0, 0.05) is 0 Å². The van der Waals surface area contributed by atoms with Crippen LogP contribution in [0.5, 0.6) is 0 Å². The summed E-state index contributed by atoms with van der Waals surface area (Å²) in [6.45, 7) is 2.01. The summed E-state index contributed by atoms with van der Waals surface area (Å²) < 4.78 is 5.04. The van der Waals surface area contributed by atoms with Gasteiger partial charge in [0.1, 0.15) is 6.26 Å². The lowest BCUT2D eigenvalue weighted by Gasteiger charge is -2.10. The van der Waals surface area contributed by atoms with Crippen LogP contribution in [-0.2, 0) is 4.79 Å². The van der Waals surface area contributed by atoms with Crippen molar-refractivity contribution in [3.63, 3.8) is 0 Å². The van der Waals surface area contributed by atoms with E-state index in [1.165, 1.54) is 18.0 Å². The van der Waals surface area contributed by atoms with Gasteiger partial charge in [0.2, 0.25) is 5.91 Å². The standard InChI is InChI=1S/C8H13N3O2S/c1-2-3-6(7(12)11-9)14-8-10-4-5-13-8/h4-6H,2-3,9H2,1H3,(H,11,12). The molecule has 78 valence electrons. The summed E-state index contributed by atoms with van der Waals surface area (Å²) in [7, 11) is 0. The van der Waals surface area contributed by atoms with Crippen molar-refractivity contribution in [3.8, 4) is 0 Å². The van der Waals surface area contributed by atoms with Crippen LogP contribution >= 0.6 is 11.8 Å². The smallest absolute Gasteiger partial charge is 0.256 e.